The zero-order valence-electron chi connectivity index (χ0n) is 12.7. The number of aromatic nitrogens is 3. The molecule has 0 aliphatic carbocycles. The van der Waals surface area contributed by atoms with E-state index in [1.54, 1.807) is 4.68 Å². The number of oxazole rings is 1. The van der Waals surface area contributed by atoms with Gasteiger partial charge in [-0.1, -0.05) is 0 Å². The van der Waals surface area contributed by atoms with E-state index >= 15 is 0 Å². The van der Waals surface area contributed by atoms with Gasteiger partial charge >= 0.3 is 5.76 Å². The van der Waals surface area contributed by atoms with E-state index < -0.39 is 15.8 Å². The Balaban J connectivity index is 1.74. The van der Waals surface area contributed by atoms with Gasteiger partial charge < -0.3 is 4.42 Å². The Bertz CT molecular complexity index is 1010. The number of hydrogen-bond acceptors (Lipinski definition) is 5. The first-order chi connectivity index (χ1) is 10.8. The second-order valence-electron chi connectivity index (χ2n) is 5.22. The van der Waals surface area contributed by atoms with Gasteiger partial charge in [0.1, 0.15) is 0 Å². The number of H-pyrrole nitrogens is 1. The maximum absolute atomic E-state index is 12.3. The SMILES string of the molecule is Cc1cc(C)n(CCNS(=O)(=O)c2ccc3[nH]c(=O)oc3c2)n1. The van der Waals surface area contributed by atoms with Crippen LogP contribution in [0.4, 0.5) is 0 Å². The van der Waals surface area contributed by atoms with E-state index in [1.165, 1.54) is 18.2 Å². The van der Waals surface area contributed by atoms with Gasteiger partial charge in [0.25, 0.3) is 0 Å². The Kier molecular flexibility index (Phi) is 3.82. The van der Waals surface area contributed by atoms with Crippen molar-refractivity contribution in [1.29, 1.82) is 0 Å². The van der Waals surface area contributed by atoms with E-state index in [4.69, 9.17) is 4.42 Å². The third kappa shape index (κ3) is 3.20. The molecule has 2 heterocycles. The fourth-order valence-electron chi connectivity index (χ4n) is 2.36. The molecule has 0 atom stereocenters. The van der Waals surface area contributed by atoms with Crippen LogP contribution in [0.2, 0.25) is 0 Å². The molecule has 9 heteroatoms. The lowest BCUT2D eigenvalue weighted by Gasteiger charge is -2.08. The Hall–Kier alpha value is -2.39. The molecule has 0 unspecified atom stereocenters. The number of rotatable bonds is 5. The molecule has 3 rings (SSSR count). The average molecular weight is 336 g/mol. The minimum absolute atomic E-state index is 0.0427. The van der Waals surface area contributed by atoms with E-state index in [9.17, 15) is 13.2 Å². The molecular weight excluding hydrogens is 320 g/mol. The monoisotopic (exact) mass is 336 g/mol. The van der Waals surface area contributed by atoms with Gasteiger partial charge in [-0.05, 0) is 32.0 Å². The van der Waals surface area contributed by atoms with Crippen LogP contribution in [-0.2, 0) is 16.6 Å². The van der Waals surface area contributed by atoms with Crippen molar-refractivity contribution in [1.82, 2.24) is 19.5 Å². The number of aromatic amines is 1. The van der Waals surface area contributed by atoms with Gasteiger partial charge in [0.05, 0.1) is 22.7 Å². The van der Waals surface area contributed by atoms with Crippen LogP contribution in [0.3, 0.4) is 0 Å². The molecular formula is C14H16N4O4S. The van der Waals surface area contributed by atoms with E-state index in [0.717, 1.165) is 11.4 Å². The molecule has 1 aromatic carbocycles. The Labute approximate surface area is 132 Å². The molecule has 3 aromatic rings. The van der Waals surface area contributed by atoms with Gasteiger partial charge in [-0.2, -0.15) is 5.10 Å². The molecule has 0 fully saturated rings. The Morgan fingerprint density at radius 2 is 2.09 bits per heavy atom. The highest BCUT2D eigenvalue weighted by Gasteiger charge is 2.15. The lowest BCUT2D eigenvalue weighted by Crippen LogP contribution is -2.28. The fraction of sp³-hybridized carbons (Fsp3) is 0.286. The van der Waals surface area contributed by atoms with Crippen molar-refractivity contribution in [2.75, 3.05) is 6.54 Å². The molecule has 23 heavy (non-hydrogen) atoms. The molecule has 122 valence electrons. The third-order valence-electron chi connectivity index (χ3n) is 3.42. The standard InChI is InChI=1S/C14H16N4O4S/c1-9-7-10(2)18(17-9)6-5-15-23(20,21)11-3-4-12-13(8-11)22-14(19)16-12/h3-4,7-8,15H,5-6H2,1-2H3,(H,16,19). The van der Waals surface area contributed by atoms with Gasteiger partial charge in [0, 0.05) is 18.3 Å². The van der Waals surface area contributed by atoms with Gasteiger partial charge in [-0.25, -0.2) is 17.9 Å². The van der Waals surface area contributed by atoms with E-state index in [1.807, 2.05) is 19.9 Å². The number of nitrogens with zero attached hydrogens (tertiary/aromatic N) is 2. The molecule has 0 aliphatic heterocycles. The summed E-state index contributed by atoms with van der Waals surface area (Å²) in [5.41, 5.74) is 2.52. The topological polar surface area (TPSA) is 110 Å². The highest BCUT2D eigenvalue weighted by atomic mass is 32.2. The van der Waals surface area contributed by atoms with E-state index in [2.05, 4.69) is 14.8 Å². The maximum atomic E-state index is 12.3. The van der Waals surface area contributed by atoms with Crippen molar-refractivity contribution in [3.8, 4) is 0 Å². The van der Waals surface area contributed by atoms with Crippen molar-refractivity contribution < 1.29 is 12.8 Å². The van der Waals surface area contributed by atoms with E-state index in [-0.39, 0.29) is 17.0 Å². The zero-order chi connectivity index (χ0) is 16.6. The van der Waals surface area contributed by atoms with E-state index in [0.29, 0.717) is 12.1 Å². The van der Waals surface area contributed by atoms with Crippen LogP contribution in [0.25, 0.3) is 11.1 Å². The van der Waals surface area contributed by atoms with Crippen molar-refractivity contribution >= 4 is 21.1 Å². The predicted molar refractivity (Wildman–Crippen MR) is 83.7 cm³/mol. The van der Waals surface area contributed by atoms with Crippen LogP contribution in [-0.4, -0.2) is 29.7 Å². The lowest BCUT2D eigenvalue weighted by molar-refractivity contribution is 0.549. The maximum Gasteiger partial charge on any atom is 0.417 e. The first kappa shape index (κ1) is 15.5. The molecule has 0 saturated carbocycles. The number of fused-ring (bicyclic) bond motifs is 1. The third-order valence-corrected chi connectivity index (χ3v) is 4.88. The van der Waals surface area contributed by atoms with Crippen molar-refractivity contribution in [2.24, 2.45) is 0 Å². The molecule has 0 bridgehead atoms. The van der Waals surface area contributed by atoms with Crippen LogP contribution in [0, 0.1) is 13.8 Å². The van der Waals surface area contributed by atoms with Gasteiger partial charge in [-0.15, -0.1) is 0 Å². The predicted octanol–water partition coefficient (Wildman–Crippen LogP) is 0.913. The molecule has 0 spiro atoms. The molecule has 2 aromatic heterocycles. The van der Waals surface area contributed by atoms with Crippen molar-refractivity contribution in [2.45, 2.75) is 25.3 Å². The molecule has 8 nitrogen and oxygen atoms in total. The van der Waals surface area contributed by atoms with Crippen LogP contribution in [0.15, 0.2) is 38.4 Å². The molecule has 0 amide bonds. The summed E-state index contributed by atoms with van der Waals surface area (Å²) >= 11 is 0. The normalized spacial score (nSPS) is 12.1. The lowest BCUT2D eigenvalue weighted by atomic mass is 10.3. The average Bonchev–Trinajstić information content (AvgIpc) is 2.99. The highest BCUT2D eigenvalue weighted by molar-refractivity contribution is 7.89. The molecule has 2 N–H and O–H groups in total. The van der Waals surface area contributed by atoms with Gasteiger partial charge in [-0.3, -0.25) is 9.67 Å². The summed E-state index contributed by atoms with van der Waals surface area (Å²) in [6.07, 6.45) is 0. The largest absolute Gasteiger partial charge is 0.417 e. The summed E-state index contributed by atoms with van der Waals surface area (Å²) < 4.78 is 33.7. The summed E-state index contributed by atoms with van der Waals surface area (Å²) in [5, 5.41) is 4.27. The second-order valence-corrected chi connectivity index (χ2v) is 6.99. The molecule has 0 saturated heterocycles. The minimum Gasteiger partial charge on any atom is -0.408 e. The highest BCUT2D eigenvalue weighted by Crippen LogP contribution is 2.16. The smallest absolute Gasteiger partial charge is 0.408 e. The summed E-state index contributed by atoms with van der Waals surface area (Å²) in [7, 11) is -3.69. The summed E-state index contributed by atoms with van der Waals surface area (Å²) in [6.45, 7) is 4.43. The van der Waals surface area contributed by atoms with Gasteiger partial charge in [0.15, 0.2) is 5.58 Å². The number of nitrogens with one attached hydrogen (secondary N) is 2. The van der Waals surface area contributed by atoms with Crippen molar-refractivity contribution in [3.63, 3.8) is 0 Å². The van der Waals surface area contributed by atoms with Crippen LogP contribution < -0.4 is 10.5 Å². The van der Waals surface area contributed by atoms with Crippen LogP contribution in [0.5, 0.6) is 0 Å². The first-order valence-corrected chi connectivity index (χ1v) is 8.47. The Morgan fingerprint density at radius 3 is 2.78 bits per heavy atom. The summed E-state index contributed by atoms with van der Waals surface area (Å²) in [6, 6.07) is 6.16. The summed E-state index contributed by atoms with van der Waals surface area (Å²) in [4.78, 5) is 13.6. The molecule has 0 aliphatic rings. The first-order valence-electron chi connectivity index (χ1n) is 6.99. The van der Waals surface area contributed by atoms with Crippen molar-refractivity contribution in [3.05, 3.63) is 46.2 Å². The van der Waals surface area contributed by atoms with Gasteiger partial charge in [0.2, 0.25) is 10.0 Å². The number of benzene rings is 1. The zero-order valence-corrected chi connectivity index (χ0v) is 13.5. The second kappa shape index (κ2) is 5.67. The van der Waals surface area contributed by atoms with Crippen LogP contribution in [0.1, 0.15) is 11.4 Å². The minimum atomic E-state index is -3.69. The summed E-state index contributed by atoms with van der Waals surface area (Å²) in [5.74, 6) is -0.618. The number of aryl methyl sites for hydroxylation is 2. The number of sulfonamides is 1. The quantitative estimate of drug-likeness (QED) is 0.720. The van der Waals surface area contributed by atoms with Crippen LogP contribution >= 0.6 is 0 Å². The fourth-order valence-corrected chi connectivity index (χ4v) is 3.40. The molecule has 0 radical (unpaired) electrons. The Morgan fingerprint density at radius 1 is 1.30 bits per heavy atom. The number of hydrogen-bond donors (Lipinski definition) is 2.